The summed E-state index contributed by atoms with van der Waals surface area (Å²) in [5.74, 6) is -0.0448. The first kappa shape index (κ1) is 21.5. The SMILES string of the molecule is CN1C[C@H](C(=O)N(C)Cc2ccccc2)OC2(CCN(C(=O)c3ccn(C)n3)CC2)C1. The summed E-state index contributed by atoms with van der Waals surface area (Å²) in [6, 6.07) is 11.7. The van der Waals surface area contributed by atoms with E-state index in [9.17, 15) is 9.59 Å². The van der Waals surface area contributed by atoms with Gasteiger partial charge in [-0.3, -0.25) is 14.3 Å². The Labute approximate surface area is 183 Å². The van der Waals surface area contributed by atoms with Gasteiger partial charge in [-0.25, -0.2) is 0 Å². The molecule has 1 atom stereocenters. The number of likely N-dealkylation sites (tertiary alicyclic amines) is 1. The van der Waals surface area contributed by atoms with Gasteiger partial charge in [0.1, 0.15) is 11.8 Å². The minimum atomic E-state index is -0.495. The Morgan fingerprint density at radius 3 is 2.52 bits per heavy atom. The fraction of sp³-hybridized carbons (Fsp3) is 0.522. The van der Waals surface area contributed by atoms with Crippen LogP contribution in [0.2, 0.25) is 0 Å². The predicted molar refractivity (Wildman–Crippen MR) is 116 cm³/mol. The largest absolute Gasteiger partial charge is 0.359 e. The third-order valence-corrected chi connectivity index (χ3v) is 6.24. The van der Waals surface area contributed by atoms with E-state index in [2.05, 4.69) is 10.00 Å². The lowest BCUT2D eigenvalue weighted by Gasteiger charge is -2.49. The Hall–Kier alpha value is -2.71. The number of morpholine rings is 1. The number of carbonyl (C=O) groups excluding carboxylic acids is 2. The number of aromatic nitrogens is 2. The highest BCUT2D eigenvalue weighted by Gasteiger charge is 2.45. The maximum Gasteiger partial charge on any atom is 0.274 e. The minimum Gasteiger partial charge on any atom is -0.359 e. The fourth-order valence-electron chi connectivity index (χ4n) is 4.61. The second kappa shape index (κ2) is 8.80. The van der Waals surface area contributed by atoms with Gasteiger partial charge in [-0.15, -0.1) is 0 Å². The van der Waals surface area contributed by atoms with Gasteiger partial charge >= 0.3 is 0 Å². The number of amides is 2. The molecule has 0 unspecified atom stereocenters. The Morgan fingerprint density at radius 2 is 1.87 bits per heavy atom. The van der Waals surface area contributed by atoms with Crippen LogP contribution < -0.4 is 0 Å². The van der Waals surface area contributed by atoms with Crippen LogP contribution >= 0.6 is 0 Å². The lowest BCUT2D eigenvalue weighted by Crippen LogP contribution is -2.61. The molecule has 2 aliphatic heterocycles. The van der Waals surface area contributed by atoms with E-state index >= 15 is 0 Å². The molecule has 2 fully saturated rings. The molecule has 4 rings (SSSR count). The Balaban J connectivity index is 1.38. The minimum absolute atomic E-state index is 0.00164. The highest BCUT2D eigenvalue weighted by atomic mass is 16.5. The topological polar surface area (TPSA) is 70.9 Å². The summed E-state index contributed by atoms with van der Waals surface area (Å²) in [5, 5.41) is 4.23. The number of piperidine rings is 1. The van der Waals surface area contributed by atoms with E-state index in [0.717, 1.165) is 12.1 Å². The van der Waals surface area contributed by atoms with Gasteiger partial charge in [0.05, 0.1) is 5.60 Å². The maximum atomic E-state index is 13.1. The summed E-state index contributed by atoms with van der Waals surface area (Å²) in [4.78, 5) is 31.6. The molecule has 8 nitrogen and oxygen atoms in total. The number of nitrogens with zero attached hydrogens (tertiary/aromatic N) is 5. The molecule has 2 saturated heterocycles. The molecule has 1 spiro atoms. The molecule has 0 radical (unpaired) electrons. The van der Waals surface area contributed by atoms with Crippen LogP contribution in [-0.2, 0) is 23.1 Å². The molecule has 1 aromatic carbocycles. The van der Waals surface area contributed by atoms with E-state index < -0.39 is 11.7 Å². The summed E-state index contributed by atoms with van der Waals surface area (Å²) < 4.78 is 8.09. The molecule has 0 N–H and O–H groups in total. The molecule has 2 aromatic rings. The quantitative estimate of drug-likeness (QED) is 0.740. The first-order valence-electron chi connectivity index (χ1n) is 10.8. The van der Waals surface area contributed by atoms with Crippen LogP contribution in [0.1, 0.15) is 28.9 Å². The molecule has 8 heteroatoms. The lowest BCUT2D eigenvalue weighted by atomic mass is 9.88. The number of rotatable bonds is 4. The molecule has 166 valence electrons. The monoisotopic (exact) mass is 425 g/mol. The van der Waals surface area contributed by atoms with Gasteiger partial charge in [0.2, 0.25) is 0 Å². The molecular weight excluding hydrogens is 394 g/mol. The molecule has 3 heterocycles. The van der Waals surface area contributed by atoms with Crippen molar-refractivity contribution in [2.45, 2.75) is 31.1 Å². The fourth-order valence-corrected chi connectivity index (χ4v) is 4.61. The normalized spacial score (nSPS) is 21.3. The van der Waals surface area contributed by atoms with Crippen LogP contribution in [-0.4, -0.2) is 88.3 Å². The van der Waals surface area contributed by atoms with Gasteiger partial charge in [-0.1, -0.05) is 30.3 Å². The third-order valence-electron chi connectivity index (χ3n) is 6.24. The van der Waals surface area contributed by atoms with Crippen LogP contribution in [0.25, 0.3) is 0 Å². The van der Waals surface area contributed by atoms with Crippen molar-refractivity contribution in [2.75, 3.05) is 40.3 Å². The van der Waals surface area contributed by atoms with Gasteiger partial charge in [-0.05, 0) is 31.5 Å². The van der Waals surface area contributed by atoms with E-state index in [1.807, 2.05) is 49.3 Å². The van der Waals surface area contributed by atoms with E-state index in [4.69, 9.17) is 4.74 Å². The van der Waals surface area contributed by atoms with E-state index in [-0.39, 0.29) is 11.8 Å². The number of carbonyl (C=O) groups is 2. The van der Waals surface area contributed by atoms with Crippen LogP contribution in [0, 0.1) is 0 Å². The summed E-state index contributed by atoms with van der Waals surface area (Å²) in [6.07, 6.45) is 2.70. The summed E-state index contributed by atoms with van der Waals surface area (Å²) in [6.45, 7) is 3.11. The smallest absolute Gasteiger partial charge is 0.274 e. The average Bonchev–Trinajstić information content (AvgIpc) is 3.19. The first-order valence-corrected chi connectivity index (χ1v) is 10.8. The predicted octanol–water partition coefficient (Wildman–Crippen LogP) is 1.38. The molecule has 0 aliphatic carbocycles. The number of ether oxygens (including phenoxy) is 1. The molecule has 0 bridgehead atoms. The Kier molecular flexibility index (Phi) is 6.11. The second-order valence-corrected chi connectivity index (χ2v) is 8.83. The van der Waals surface area contributed by atoms with Crippen molar-refractivity contribution in [2.24, 2.45) is 7.05 Å². The molecule has 1 aromatic heterocycles. The first-order chi connectivity index (χ1) is 14.8. The standard InChI is InChI=1S/C23H31N5O3/c1-25-16-20(22(30)26(2)15-18-7-5-4-6-8-18)31-23(17-25)10-13-28(14-11-23)21(29)19-9-12-27(3)24-19/h4-9,12,20H,10-11,13-17H2,1-3H3/t20-/m1/s1. The molecule has 2 aliphatic rings. The van der Waals surface area contributed by atoms with Crippen molar-refractivity contribution in [3.8, 4) is 0 Å². The van der Waals surface area contributed by atoms with E-state index in [1.54, 1.807) is 28.9 Å². The zero-order valence-corrected chi connectivity index (χ0v) is 18.5. The molecular formula is C23H31N5O3. The van der Waals surface area contributed by atoms with Crippen molar-refractivity contribution in [3.63, 3.8) is 0 Å². The van der Waals surface area contributed by atoms with Crippen LogP contribution in [0.15, 0.2) is 42.6 Å². The highest BCUT2D eigenvalue weighted by molar-refractivity contribution is 5.92. The Bertz CT molecular complexity index is 920. The van der Waals surface area contributed by atoms with Crippen LogP contribution in [0.5, 0.6) is 0 Å². The number of hydrogen-bond acceptors (Lipinski definition) is 5. The van der Waals surface area contributed by atoms with Crippen molar-refractivity contribution in [1.29, 1.82) is 0 Å². The molecule has 0 saturated carbocycles. The number of aryl methyl sites for hydroxylation is 1. The van der Waals surface area contributed by atoms with Gasteiger partial charge < -0.3 is 19.4 Å². The van der Waals surface area contributed by atoms with Crippen LogP contribution in [0.3, 0.4) is 0 Å². The summed E-state index contributed by atoms with van der Waals surface area (Å²) in [5.41, 5.74) is 1.16. The van der Waals surface area contributed by atoms with Gasteiger partial charge in [-0.2, -0.15) is 5.10 Å². The van der Waals surface area contributed by atoms with E-state index in [1.165, 1.54) is 0 Å². The molecule has 31 heavy (non-hydrogen) atoms. The summed E-state index contributed by atoms with van der Waals surface area (Å²) >= 11 is 0. The number of hydrogen-bond donors (Lipinski definition) is 0. The summed E-state index contributed by atoms with van der Waals surface area (Å²) in [7, 11) is 5.67. The van der Waals surface area contributed by atoms with Crippen molar-refractivity contribution < 1.29 is 14.3 Å². The van der Waals surface area contributed by atoms with Gasteiger partial charge in [0, 0.05) is 53.0 Å². The molecule has 2 amide bonds. The second-order valence-electron chi connectivity index (χ2n) is 8.83. The average molecular weight is 426 g/mol. The zero-order valence-electron chi connectivity index (χ0n) is 18.5. The Morgan fingerprint density at radius 1 is 1.16 bits per heavy atom. The maximum absolute atomic E-state index is 13.1. The van der Waals surface area contributed by atoms with Gasteiger partial charge in [0.25, 0.3) is 11.8 Å². The highest BCUT2D eigenvalue weighted by Crippen LogP contribution is 2.33. The zero-order chi connectivity index (χ0) is 22.0. The van der Waals surface area contributed by atoms with E-state index in [0.29, 0.717) is 44.7 Å². The number of likely N-dealkylation sites (N-methyl/N-ethyl adjacent to an activating group) is 2. The van der Waals surface area contributed by atoms with Crippen molar-refractivity contribution >= 4 is 11.8 Å². The van der Waals surface area contributed by atoms with Crippen LogP contribution in [0.4, 0.5) is 0 Å². The lowest BCUT2D eigenvalue weighted by molar-refractivity contribution is -0.186. The third kappa shape index (κ3) is 4.80. The van der Waals surface area contributed by atoms with Crippen molar-refractivity contribution in [1.82, 2.24) is 24.5 Å². The van der Waals surface area contributed by atoms with Gasteiger partial charge in [0.15, 0.2) is 0 Å². The number of benzene rings is 1. The van der Waals surface area contributed by atoms with Crippen molar-refractivity contribution in [3.05, 3.63) is 53.9 Å².